The van der Waals surface area contributed by atoms with E-state index in [1.165, 1.54) is 6.07 Å². The van der Waals surface area contributed by atoms with Gasteiger partial charge in [-0.25, -0.2) is 4.39 Å². The molecule has 0 aliphatic heterocycles. The van der Waals surface area contributed by atoms with E-state index in [-0.39, 0.29) is 11.8 Å². The molecule has 2 atom stereocenters. The molecule has 2 rings (SSSR count). The van der Waals surface area contributed by atoms with Crippen LogP contribution in [-0.4, -0.2) is 11.0 Å². The molecule has 0 radical (unpaired) electrons. The fourth-order valence-corrected chi connectivity index (χ4v) is 2.21. The highest BCUT2D eigenvalue weighted by Crippen LogP contribution is 2.28. The molecule has 2 unspecified atom stereocenters. The van der Waals surface area contributed by atoms with E-state index in [0.717, 1.165) is 12.0 Å². The summed E-state index contributed by atoms with van der Waals surface area (Å²) in [6, 6.07) is 8.14. The summed E-state index contributed by atoms with van der Waals surface area (Å²) in [4.78, 5) is 3.97. The number of aromatic nitrogens is 1. The average molecular weight is 339 g/mol. The largest absolute Gasteiger partial charge is 0.481 e. The zero-order valence-electron chi connectivity index (χ0n) is 11.1. The lowest BCUT2D eigenvalue weighted by molar-refractivity contribution is 0.163. The standard InChI is InChI=1S/C15H16BrFN2O/c1-2-13(18)15(10-5-7-19-8-6-10)20-14-4-3-11(16)9-12(14)17/h3-9,13,15H,2,18H2,1H3. The van der Waals surface area contributed by atoms with Crippen LogP contribution in [0.4, 0.5) is 4.39 Å². The van der Waals surface area contributed by atoms with Gasteiger partial charge in [-0.15, -0.1) is 0 Å². The van der Waals surface area contributed by atoms with Crippen molar-refractivity contribution in [2.45, 2.75) is 25.5 Å². The lowest BCUT2D eigenvalue weighted by Crippen LogP contribution is -2.31. The second kappa shape index (κ2) is 6.81. The zero-order valence-corrected chi connectivity index (χ0v) is 12.7. The van der Waals surface area contributed by atoms with Crippen LogP contribution in [0.15, 0.2) is 47.2 Å². The van der Waals surface area contributed by atoms with Crippen LogP contribution in [0.5, 0.6) is 5.75 Å². The van der Waals surface area contributed by atoms with Gasteiger partial charge in [0, 0.05) is 22.9 Å². The number of nitrogens with two attached hydrogens (primary N) is 1. The maximum atomic E-state index is 13.9. The topological polar surface area (TPSA) is 48.1 Å². The molecule has 5 heteroatoms. The van der Waals surface area contributed by atoms with Gasteiger partial charge < -0.3 is 10.5 Å². The van der Waals surface area contributed by atoms with Gasteiger partial charge >= 0.3 is 0 Å². The summed E-state index contributed by atoms with van der Waals surface area (Å²) in [5, 5.41) is 0. The lowest BCUT2D eigenvalue weighted by atomic mass is 10.0. The lowest BCUT2D eigenvalue weighted by Gasteiger charge is -2.24. The Morgan fingerprint density at radius 2 is 2.00 bits per heavy atom. The van der Waals surface area contributed by atoms with Crippen LogP contribution < -0.4 is 10.5 Å². The molecule has 0 spiro atoms. The van der Waals surface area contributed by atoms with E-state index >= 15 is 0 Å². The van der Waals surface area contributed by atoms with Crippen molar-refractivity contribution in [1.29, 1.82) is 0 Å². The minimum atomic E-state index is -0.415. The highest BCUT2D eigenvalue weighted by Gasteiger charge is 2.21. The zero-order chi connectivity index (χ0) is 14.5. The maximum absolute atomic E-state index is 13.9. The van der Waals surface area contributed by atoms with Crippen LogP contribution in [0, 0.1) is 5.82 Å². The number of pyridine rings is 1. The Morgan fingerprint density at radius 3 is 2.60 bits per heavy atom. The quantitative estimate of drug-likeness (QED) is 0.900. The number of nitrogens with zero attached hydrogens (tertiary/aromatic N) is 1. The van der Waals surface area contributed by atoms with Gasteiger partial charge in [-0.05, 0) is 42.3 Å². The first-order valence-electron chi connectivity index (χ1n) is 6.39. The summed E-state index contributed by atoms with van der Waals surface area (Å²) < 4.78 is 20.3. The van der Waals surface area contributed by atoms with Crippen LogP contribution in [0.3, 0.4) is 0 Å². The van der Waals surface area contributed by atoms with Crippen LogP contribution in [0.1, 0.15) is 25.0 Å². The van der Waals surface area contributed by atoms with Gasteiger partial charge in [-0.3, -0.25) is 4.98 Å². The summed E-state index contributed by atoms with van der Waals surface area (Å²) in [5.41, 5.74) is 6.99. The van der Waals surface area contributed by atoms with E-state index in [1.807, 2.05) is 19.1 Å². The van der Waals surface area contributed by atoms with Crippen LogP contribution in [0.25, 0.3) is 0 Å². The Morgan fingerprint density at radius 1 is 1.30 bits per heavy atom. The first-order valence-corrected chi connectivity index (χ1v) is 7.18. The van der Waals surface area contributed by atoms with Crippen molar-refractivity contribution in [3.8, 4) is 5.75 Å². The van der Waals surface area contributed by atoms with Gasteiger partial charge in [0.2, 0.25) is 0 Å². The second-order valence-corrected chi connectivity index (χ2v) is 5.38. The molecule has 0 saturated heterocycles. The highest BCUT2D eigenvalue weighted by atomic mass is 79.9. The van der Waals surface area contributed by atoms with Crippen LogP contribution in [0.2, 0.25) is 0 Å². The average Bonchev–Trinajstić information content (AvgIpc) is 2.46. The predicted octanol–water partition coefficient (Wildman–Crippen LogP) is 3.84. The molecule has 2 N–H and O–H groups in total. The van der Waals surface area contributed by atoms with Gasteiger partial charge in [-0.2, -0.15) is 0 Å². The summed E-state index contributed by atoms with van der Waals surface area (Å²) >= 11 is 3.22. The molecule has 3 nitrogen and oxygen atoms in total. The minimum absolute atomic E-state index is 0.193. The van der Waals surface area contributed by atoms with Gasteiger partial charge in [0.05, 0.1) is 0 Å². The molecule has 0 amide bonds. The van der Waals surface area contributed by atoms with Crippen molar-refractivity contribution in [1.82, 2.24) is 4.98 Å². The molecule has 0 aliphatic rings. The van der Waals surface area contributed by atoms with Crippen molar-refractivity contribution < 1.29 is 9.13 Å². The molecule has 1 aromatic carbocycles. The number of ether oxygens (including phenoxy) is 1. The Hall–Kier alpha value is -1.46. The van der Waals surface area contributed by atoms with Crippen LogP contribution >= 0.6 is 15.9 Å². The molecule has 0 saturated carbocycles. The van der Waals surface area contributed by atoms with E-state index in [4.69, 9.17) is 10.5 Å². The Kier molecular flexibility index (Phi) is 5.09. The number of benzene rings is 1. The maximum Gasteiger partial charge on any atom is 0.166 e. The normalized spacial score (nSPS) is 13.8. The van der Waals surface area contributed by atoms with E-state index in [1.54, 1.807) is 24.5 Å². The molecule has 0 fully saturated rings. The van der Waals surface area contributed by atoms with Crippen molar-refractivity contribution >= 4 is 15.9 Å². The molecule has 20 heavy (non-hydrogen) atoms. The summed E-state index contributed by atoms with van der Waals surface area (Å²) in [5.74, 6) is -0.222. The summed E-state index contributed by atoms with van der Waals surface area (Å²) in [6.07, 6.45) is 3.67. The molecule has 0 bridgehead atoms. The number of halogens is 2. The van der Waals surface area contributed by atoms with Crippen molar-refractivity contribution in [2.24, 2.45) is 5.73 Å². The summed E-state index contributed by atoms with van der Waals surface area (Å²) in [7, 11) is 0. The highest BCUT2D eigenvalue weighted by molar-refractivity contribution is 9.10. The summed E-state index contributed by atoms with van der Waals surface area (Å²) in [6.45, 7) is 1.97. The van der Waals surface area contributed by atoms with E-state index in [2.05, 4.69) is 20.9 Å². The van der Waals surface area contributed by atoms with Gasteiger partial charge in [0.25, 0.3) is 0 Å². The van der Waals surface area contributed by atoms with Crippen LogP contribution in [-0.2, 0) is 0 Å². The third kappa shape index (κ3) is 3.55. The van der Waals surface area contributed by atoms with E-state index < -0.39 is 11.9 Å². The van der Waals surface area contributed by atoms with E-state index in [0.29, 0.717) is 4.47 Å². The molecular formula is C15H16BrFN2O. The third-order valence-corrected chi connectivity index (χ3v) is 3.54. The molecule has 0 aliphatic carbocycles. The van der Waals surface area contributed by atoms with Gasteiger partial charge in [0.15, 0.2) is 11.6 Å². The molecule has 2 aromatic rings. The number of rotatable bonds is 5. The predicted molar refractivity (Wildman–Crippen MR) is 80.0 cm³/mol. The molecular weight excluding hydrogens is 323 g/mol. The first kappa shape index (κ1) is 14.9. The fraction of sp³-hybridized carbons (Fsp3) is 0.267. The van der Waals surface area contributed by atoms with Crippen molar-refractivity contribution in [3.05, 3.63) is 58.6 Å². The molecule has 1 aromatic heterocycles. The smallest absolute Gasteiger partial charge is 0.166 e. The van der Waals surface area contributed by atoms with Crippen molar-refractivity contribution in [3.63, 3.8) is 0 Å². The number of hydrogen-bond donors (Lipinski definition) is 1. The monoisotopic (exact) mass is 338 g/mol. The SMILES string of the molecule is CCC(N)C(Oc1ccc(Br)cc1F)c1ccncc1. The molecule has 106 valence electrons. The number of hydrogen-bond acceptors (Lipinski definition) is 3. The van der Waals surface area contributed by atoms with E-state index in [9.17, 15) is 4.39 Å². The van der Waals surface area contributed by atoms with Gasteiger partial charge in [0.1, 0.15) is 6.10 Å². The Bertz CT molecular complexity index is 565. The minimum Gasteiger partial charge on any atom is -0.481 e. The second-order valence-electron chi connectivity index (χ2n) is 4.47. The Balaban J connectivity index is 2.29. The first-order chi connectivity index (χ1) is 9.61. The molecule has 1 heterocycles. The van der Waals surface area contributed by atoms with Crippen molar-refractivity contribution in [2.75, 3.05) is 0 Å². The third-order valence-electron chi connectivity index (χ3n) is 3.04. The fourth-order valence-electron chi connectivity index (χ4n) is 1.88. The van der Waals surface area contributed by atoms with Gasteiger partial charge in [-0.1, -0.05) is 22.9 Å². The Labute approximate surface area is 126 Å².